The first-order chi connectivity index (χ1) is 10.1. The van der Waals surface area contributed by atoms with Crippen LogP contribution in [-0.4, -0.2) is 61.1 Å². The van der Waals surface area contributed by atoms with E-state index in [1.165, 1.54) is 0 Å². The molecule has 1 aliphatic heterocycles. The van der Waals surface area contributed by atoms with E-state index in [1.54, 1.807) is 6.92 Å². The van der Waals surface area contributed by atoms with Crippen LogP contribution in [0.5, 0.6) is 5.75 Å². The van der Waals surface area contributed by atoms with E-state index in [0.29, 0.717) is 17.4 Å². The molecule has 2 rings (SSSR count). The van der Waals surface area contributed by atoms with Crippen molar-refractivity contribution >= 4 is 17.5 Å². The maximum Gasteiger partial charge on any atom is 0.239 e. The molecule has 1 aliphatic rings. The number of rotatable bonds is 5. The van der Waals surface area contributed by atoms with Crippen LogP contribution in [0.2, 0.25) is 5.02 Å². The molecule has 1 aromatic rings. The summed E-state index contributed by atoms with van der Waals surface area (Å²) in [6.45, 7) is 6.30. The molecule has 1 saturated heterocycles. The third-order valence-electron chi connectivity index (χ3n) is 3.58. The Morgan fingerprint density at radius 1 is 1.33 bits per heavy atom. The Morgan fingerprint density at radius 3 is 2.62 bits per heavy atom. The van der Waals surface area contributed by atoms with Crippen molar-refractivity contribution in [2.24, 2.45) is 5.73 Å². The monoisotopic (exact) mass is 311 g/mol. The van der Waals surface area contributed by atoms with E-state index in [1.807, 2.05) is 29.2 Å². The van der Waals surface area contributed by atoms with Gasteiger partial charge in [-0.25, -0.2) is 0 Å². The van der Waals surface area contributed by atoms with Gasteiger partial charge < -0.3 is 15.4 Å². The first kappa shape index (κ1) is 16.1. The van der Waals surface area contributed by atoms with E-state index in [9.17, 15) is 4.79 Å². The van der Waals surface area contributed by atoms with Crippen molar-refractivity contribution in [3.8, 4) is 5.75 Å². The molecule has 0 aliphatic carbocycles. The Labute approximate surface area is 130 Å². The highest BCUT2D eigenvalue weighted by Crippen LogP contribution is 2.22. The lowest BCUT2D eigenvalue weighted by atomic mass is 10.2. The summed E-state index contributed by atoms with van der Waals surface area (Å²) in [5.41, 5.74) is 5.62. The number of halogens is 1. The second-order valence-corrected chi connectivity index (χ2v) is 5.64. The number of carbonyl (C=O) groups excluding carboxylic acids is 1. The summed E-state index contributed by atoms with van der Waals surface area (Å²) in [5, 5.41) is 0.629. The van der Waals surface area contributed by atoms with E-state index in [0.717, 1.165) is 32.7 Å². The predicted octanol–water partition coefficient (Wildman–Crippen LogP) is 1.21. The van der Waals surface area contributed by atoms with E-state index in [4.69, 9.17) is 22.1 Å². The molecule has 2 N–H and O–H groups in total. The minimum absolute atomic E-state index is 0.0296. The molecule has 0 radical (unpaired) electrons. The van der Waals surface area contributed by atoms with Gasteiger partial charge >= 0.3 is 0 Å². The van der Waals surface area contributed by atoms with Crippen LogP contribution in [0.4, 0.5) is 0 Å². The zero-order valence-corrected chi connectivity index (χ0v) is 13.1. The Balaban J connectivity index is 1.70. The predicted molar refractivity (Wildman–Crippen MR) is 83.6 cm³/mol. The summed E-state index contributed by atoms with van der Waals surface area (Å²) in [6, 6.07) is 7.04. The number of hydrogen-bond acceptors (Lipinski definition) is 4. The van der Waals surface area contributed by atoms with Crippen LogP contribution in [0.1, 0.15) is 6.92 Å². The Morgan fingerprint density at radius 2 is 2.00 bits per heavy atom. The molecule has 0 saturated carbocycles. The standard InChI is InChI=1S/C15H22ClN3O2/c1-12(17)15(20)19-8-6-18(7-9-19)10-11-21-14-5-3-2-4-13(14)16/h2-5,12H,6-11,17H2,1H3. The second-order valence-electron chi connectivity index (χ2n) is 5.23. The van der Waals surface area contributed by atoms with Gasteiger partial charge in [0, 0.05) is 32.7 Å². The van der Waals surface area contributed by atoms with Crippen molar-refractivity contribution < 1.29 is 9.53 Å². The third-order valence-corrected chi connectivity index (χ3v) is 3.89. The van der Waals surface area contributed by atoms with Crippen LogP contribution in [0, 0.1) is 0 Å². The molecule has 1 heterocycles. The molecule has 1 unspecified atom stereocenters. The van der Waals surface area contributed by atoms with Gasteiger partial charge in [-0.2, -0.15) is 0 Å². The van der Waals surface area contributed by atoms with E-state index in [-0.39, 0.29) is 5.91 Å². The van der Waals surface area contributed by atoms with Crippen LogP contribution < -0.4 is 10.5 Å². The maximum atomic E-state index is 11.8. The molecule has 1 amide bonds. The van der Waals surface area contributed by atoms with E-state index in [2.05, 4.69) is 4.90 Å². The molecule has 0 spiro atoms. The number of hydrogen-bond donors (Lipinski definition) is 1. The summed E-state index contributed by atoms with van der Waals surface area (Å²) < 4.78 is 5.68. The van der Waals surface area contributed by atoms with Crippen molar-refractivity contribution in [3.63, 3.8) is 0 Å². The fraction of sp³-hybridized carbons (Fsp3) is 0.533. The normalized spacial score (nSPS) is 17.6. The third kappa shape index (κ3) is 4.59. The molecule has 6 heteroatoms. The second kappa shape index (κ2) is 7.64. The van der Waals surface area contributed by atoms with Gasteiger partial charge in [0.15, 0.2) is 0 Å². The highest BCUT2D eigenvalue weighted by Gasteiger charge is 2.22. The molecule has 21 heavy (non-hydrogen) atoms. The molecule has 1 aromatic carbocycles. The lowest BCUT2D eigenvalue weighted by Crippen LogP contribution is -2.53. The minimum atomic E-state index is -0.417. The highest BCUT2D eigenvalue weighted by molar-refractivity contribution is 6.32. The van der Waals surface area contributed by atoms with Crippen molar-refractivity contribution in [1.82, 2.24) is 9.80 Å². The molecule has 116 valence electrons. The molecule has 1 atom stereocenters. The first-order valence-electron chi connectivity index (χ1n) is 7.22. The molecule has 5 nitrogen and oxygen atoms in total. The number of ether oxygens (including phenoxy) is 1. The quantitative estimate of drug-likeness (QED) is 0.888. The highest BCUT2D eigenvalue weighted by atomic mass is 35.5. The van der Waals surface area contributed by atoms with Gasteiger partial charge in [0.05, 0.1) is 11.1 Å². The first-order valence-corrected chi connectivity index (χ1v) is 7.60. The van der Waals surface area contributed by atoms with E-state index >= 15 is 0 Å². The fourth-order valence-electron chi connectivity index (χ4n) is 2.33. The van der Waals surface area contributed by atoms with E-state index < -0.39 is 6.04 Å². The van der Waals surface area contributed by atoms with Crippen molar-refractivity contribution in [1.29, 1.82) is 0 Å². The molecule has 1 fully saturated rings. The number of piperazine rings is 1. The largest absolute Gasteiger partial charge is 0.491 e. The van der Waals surface area contributed by atoms with Crippen molar-refractivity contribution in [3.05, 3.63) is 29.3 Å². The average molecular weight is 312 g/mol. The van der Waals surface area contributed by atoms with Gasteiger partial charge in [0.2, 0.25) is 5.91 Å². The summed E-state index contributed by atoms with van der Waals surface area (Å²) in [7, 11) is 0. The zero-order chi connectivity index (χ0) is 15.2. The van der Waals surface area contributed by atoms with Crippen LogP contribution in [-0.2, 0) is 4.79 Å². The van der Waals surface area contributed by atoms with Gasteiger partial charge in [-0.3, -0.25) is 9.69 Å². The molecular formula is C15H22ClN3O2. The molecule has 0 bridgehead atoms. The van der Waals surface area contributed by atoms with Crippen LogP contribution in [0.3, 0.4) is 0 Å². The molecular weight excluding hydrogens is 290 g/mol. The maximum absolute atomic E-state index is 11.8. The lowest BCUT2D eigenvalue weighted by molar-refractivity contribution is -0.133. The average Bonchev–Trinajstić information content (AvgIpc) is 2.49. The Kier molecular flexibility index (Phi) is 5.85. The van der Waals surface area contributed by atoms with Gasteiger partial charge in [0.25, 0.3) is 0 Å². The summed E-state index contributed by atoms with van der Waals surface area (Å²) in [6.07, 6.45) is 0. The number of benzene rings is 1. The lowest BCUT2D eigenvalue weighted by Gasteiger charge is -2.35. The summed E-state index contributed by atoms with van der Waals surface area (Å²) in [5.74, 6) is 0.743. The van der Waals surface area contributed by atoms with Crippen molar-refractivity contribution in [2.45, 2.75) is 13.0 Å². The Hall–Kier alpha value is -1.30. The fourth-order valence-corrected chi connectivity index (χ4v) is 2.52. The SMILES string of the molecule is CC(N)C(=O)N1CCN(CCOc2ccccc2Cl)CC1. The van der Waals surface area contributed by atoms with Crippen LogP contribution in [0.25, 0.3) is 0 Å². The van der Waals surface area contributed by atoms with Gasteiger partial charge in [-0.05, 0) is 19.1 Å². The van der Waals surface area contributed by atoms with Crippen molar-refractivity contribution in [2.75, 3.05) is 39.3 Å². The number of carbonyl (C=O) groups is 1. The number of nitrogens with two attached hydrogens (primary N) is 1. The minimum Gasteiger partial charge on any atom is -0.491 e. The topological polar surface area (TPSA) is 58.8 Å². The van der Waals surface area contributed by atoms with Gasteiger partial charge in [0.1, 0.15) is 12.4 Å². The van der Waals surface area contributed by atoms with Crippen LogP contribution >= 0.6 is 11.6 Å². The van der Waals surface area contributed by atoms with Gasteiger partial charge in [-0.15, -0.1) is 0 Å². The number of nitrogens with zero attached hydrogens (tertiary/aromatic N) is 2. The zero-order valence-electron chi connectivity index (χ0n) is 12.3. The summed E-state index contributed by atoms with van der Waals surface area (Å²) in [4.78, 5) is 15.9. The Bertz CT molecular complexity index is 474. The number of amides is 1. The molecule has 0 aromatic heterocycles. The smallest absolute Gasteiger partial charge is 0.239 e. The summed E-state index contributed by atoms with van der Waals surface area (Å²) >= 11 is 6.03. The van der Waals surface area contributed by atoms with Gasteiger partial charge in [-0.1, -0.05) is 23.7 Å². The number of para-hydroxylation sites is 1. The van der Waals surface area contributed by atoms with Crippen LogP contribution in [0.15, 0.2) is 24.3 Å².